The molecule has 8 nitrogen and oxygen atoms in total. The molecule has 2 aromatic heterocycles. The van der Waals surface area contributed by atoms with Crippen LogP contribution in [-0.2, 0) is 14.9 Å². The number of hydrogen-bond acceptors (Lipinski definition) is 7. The van der Waals surface area contributed by atoms with Crippen LogP contribution in [0.5, 0.6) is 0 Å². The van der Waals surface area contributed by atoms with E-state index in [4.69, 9.17) is 20.9 Å². The predicted octanol–water partition coefficient (Wildman–Crippen LogP) is 4.01. The van der Waals surface area contributed by atoms with Crippen LogP contribution in [-0.4, -0.2) is 31.3 Å². The number of carbonyl (C=O) groups is 1. The van der Waals surface area contributed by atoms with Gasteiger partial charge in [-0.1, -0.05) is 48.2 Å². The number of halogens is 1. The van der Waals surface area contributed by atoms with Crippen LogP contribution in [0.15, 0.2) is 35.1 Å². The molecule has 4 rings (SSSR count). The van der Waals surface area contributed by atoms with Gasteiger partial charge in [0, 0.05) is 5.02 Å². The third kappa shape index (κ3) is 3.52. The van der Waals surface area contributed by atoms with Crippen molar-refractivity contribution in [3.05, 3.63) is 47.1 Å². The Bertz CT molecular complexity index is 950. The fourth-order valence-corrected chi connectivity index (χ4v) is 3.88. The van der Waals surface area contributed by atoms with E-state index in [2.05, 4.69) is 25.3 Å². The van der Waals surface area contributed by atoms with Crippen LogP contribution >= 0.6 is 11.6 Å². The Morgan fingerprint density at radius 1 is 1.32 bits per heavy atom. The average Bonchev–Trinajstić information content (AvgIpc) is 3.40. The molecule has 1 saturated carbocycles. The molecule has 0 bridgehead atoms. The average molecular weight is 402 g/mol. The molecule has 0 amide bonds. The molecule has 0 aliphatic heterocycles. The zero-order valence-corrected chi connectivity index (χ0v) is 16.1. The first kappa shape index (κ1) is 18.6. The first-order valence-electron chi connectivity index (χ1n) is 9.25. The molecular formula is C19H20ClN5O3. The molecule has 0 spiro atoms. The summed E-state index contributed by atoms with van der Waals surface area (Å²) in [6.45, 7) is 1.71. The molecule has 1 aliphatic rings. The molecule has 0 saturated heterocycles. The van der Waals surface area contributed by atoms with E-state index >= 15 is 0 Å². The Labute approximate surface area is 166 Å². The van der Waals surface area contributed by atoms with Crippen molar-refractivity contribution >= 4 is 17.6 Å². The number of carbonyl (C=O) groups excluding carboxylic acids is 1. The van der Waals surface area contributed by atoms with Crippen LogP contribution in [0.25, 0.3) is 11.6 Å². The van der Waals surface area contributed by atoms with Gasteiger partial charge in [0.2, 0.25) is 5.82 Å². The molecule has 1 aliphatic carbocycles. The van der Waals surface area contributed by atoms with Crippen molar-refractivity contribution in [2.75, 3.05) is 0 Å². The van der Waals surface area contributed by atoms with Gasteiger partial charge >= 0.3 is 5.97 Å². The molecule has 1 N–H and O–H groups in total. The second kappa shape index (κ2) is 7.71. The smallest absolute Gasteiger partial charge is 0.317 e. The first-order chi connectivity index (χ1) is 13.6. The summed E-state index contributed by atoms with van der Waals surface area (Å²) in [4.78, 5) is 21.5. The molecule has 146 valence electrons. The standard InChI is InChI=1S/C19H20ClN5O3/c1-12(17-23-16(25-28-17)15-21-11-22-24-15)27-18(26)19(8-3-2-4-9-19)13-6-5-7-14(20)10-13/h5-7,10-12H,2-4,8-9H2,1H3,(H,21,22,24)/t12-/m0/s1. The molecule has 0 unspecified atom stereocenters. The van der Waals surface area contributed by atoms with Crippen LogP contribution in [0.3, 0.4) is 0 Å². The van der Waals surface area contributed by atoms with Gasteiger partial charge in [-0.05, 0) is 37.5 Å². The van der Waals surface area contributed by atoms with E-state index in [1.807, 2.05) is 18.2 Å². The molecule has 2 heterocycles. The second-order valence-corrected chi connectivity index (χ2v) is 7.43. The maximum Gasteiger partial charge on any atom is 0.317 e. The monoisotopic (exact) mass is 401 g/mol. The number of nitrogens with one attached hydrogen (secondary N) is 1. The van der Waals surface area contributed by atoms with Crippen molar-refractivity contribution in [3.63, 3.8) is 0 Å². The van der Waals surface area contributed by atoms with Crippen molar-refractivity contribution < 1.29 is 14.1 Å². The molecule has 3 aromatic rings. The lowest BCUT2D eigenvalue weighted by Gasteiger charge is -2.36. The molecule has 1 fully saturated rings. The third-order valence-electron chi connectivity index (χ3n) is 5.18. The lowest BCUT2D eigenvalue weighted by molar-refractivity contribution is -0.158. The number of nitrogens with zero attached hydrogens (tertiary/aromatic N) is 4. The SMILES string of the molecule is C[C@H](OC(=O)C1(c2cccc(Cl)c2)CCCCC1)c1nc(-c2ncn[nH]2)no1. The van der Waals surface area contributed by atoms with Crippen molar-refractivity contribution in [2.24, 2.45) is 0 Å². The Morgan fingerprint density at radius 3 is 2.86 bits per heavy atom. The van der Waals surface area contributed by atoms with Crippen molar-refractivity contribution in [1.29, 1.82) is 0 Å². The highest BCUT2D eigenvalue weighted by Gasteiger charge is 2.43. The fourth-order valence-electron chi connectivity index (χ4n) is 3.69. The van der Waals surface area contributed by atoms with Gasteiger partial charge in [-0.3, -0.25) is 9.89 Å². The number of H-pyrrole nitrogens is 1. The minimum absolute atomic E-state index is 0.205. The van der Waals surface area contributed by atoms with E-state index < -0.39 is 11.5 Å². The molecule has 0 radical (unpaired) electrons. The normalized spacial score (nSPS) is 17.2. The number of benzene rings is 1. The summed E-state index contributed by atoms with van der Waals surface area (Å²) >= 11 is 6.18. The van der Waals surface area contributed by atoms with Gasteiger partial charge in [0.05, 0.1) is 5.41 Å². The molecular weight excluding hydrogens is 382 g/mol. The van der Waals surface area contributed by atoms with E-state index in [9.17, 15) is 4.79 Å². The number of rotatable bonds is 5. The van der Waals surface area contributed by atoms with E-state index in [0.717, 1.165) is 37.7 Å². The van der Waals surface area contributed by atoms with Gasteiger partial charge in [-0.25, -0.2) is 4.98 Å². The van der Waals surface area contributed by atoms with Crippen LogP contribution in [0.4, 0.5) is 0 Å². The summed E-state index contributed by atoms with van der Waals surface area (Å²) in [5.74, 6) is 0.562. The minimum atomic E-state index is -0.703. The van der Waals surface area contributed by atoms with Crippen LogP contribution in [0.2, 0.25) is 5.02 Å². The summed E-state index contributed by atoms with van der Waals surface area (Å²) in [5.41, 5.74) is 0.190. The quantitative estimate of drug-likeness (QED) is 0.643. The number of esters is 1. The number of ether oxygens (including phenoxy) is 1. The maximum atomic E-state index is 13.3. The topological polar surface area (TPSA) is 107 Å². The Hall–Kier alpha value is -2.74. The first-order valence-corrected chi connectivity index (χ1v) is 9.63. The summed E-state index contributed by atoms with van der Waals surface area (Å²) in [6, 6.07) is 7.47. The van der Waals surface area contributed by atoms with Gasteiger partial charge in [0.1, 0.15) is 6.33 Å². The van der Waals surface area contributed by atoms with E-state index in [1.165, 1.54) is 6.33 Å². The van der Waals surface area contributed by atoms with E-state index in [-0.39, 0.29) is 17.7 Å². The summed E-state index contributed by atoms with van der Waals surface area (Å²) in [6.07, 6.45) is 5.16. The Balaban J connectivity index is 1.56. The van der Waals surface area contributed by atoms with Crippen molar-refractivity contribution in [3.8, 4) is 11.6 Å². The minimum Gasteiger partial charge on any atom is -0.452 e. The van der Waals surface area contributed by atoms with Crippen LogP contribution < -0.4 is 0 Å². The van der Waals surface area contributed by atoms with Gasteiger partial charge in [0.15, 0.2) is 11.9 Å². The highest BCUT2D eigenvalue weighted by molar-refractivity contribution is 6.30. The van der Waals surface area contributed by atoms with E-state index in [1.54, 1.807) is 13.0 Å². The zero-order chi connectivity index (χ0) is 19.6. The predicted molar refractivity (Wildman–Crippen MR) is 100 cm³/mol. The lowest BCUT2D eigenvalue weighted by atomic mass is 9.69. The van der Waals surface area contributed by atoms with Crippen molar-refractivity contribution in [2.45, 2.75) is 50.5 Å². The van der Waals surface area contributed by atoms with Crippen LogP contribution in [0.1, 0.15) is 56.6 Å². The highest BCUT2D eigenvalue weighted by Crippen LogP contribution is 2.42. The maximum absolute atomic E-state index is 13.3. The van der Waals surface area contributed by atoms with E-state index in [0.29, 0.717) is 10.8 Å². The molecule has 1 atom stereocenters. The van der Waals surface area contributed by atoms with Gasteiger partial charge < -0.3 is 9.26 Å². The van der Waals surface area contributed by atoms with Crippen molar-refractivity contribution in [1.82, 2.24) is 25.3 Å². The summed E-state index contributed by atoms with van der Waals surface area (Å²) in [7, 11) is 0. The largest absolute Gasteiger partial charge is 0.452 e. The fraction of sp³-hybridized carbons (Fsp3) is 0.421. The Kier molecular flexibility index (Phi) is 5.13. The molecule has 1 aromatic carbocycles. The number of hydrogen-bond donors (Lipinski definition) is 1. The number of aromatic nitrogens is 5. The highest BCUT2D eigenvalue weighted by atomic mass is 35.5. The zero-order valence-electron chi connectivity index (χ0n) is 15.4. The lowest BCUT2D eigenvalue weighted by Crippen LogP contribution is -2.39. The summed E-state index contributed by atoms with van der Waals surface area (Å²) < 4.78 is 11.0. The second-order valence-electron chi connectivity index (χ2n) is 6.99. The van der Waals surface area contributed by atoms with Gasteiger partial charge in [-0.15, -0.1) is 0 Å². The molecule has 28 heavy (non-hydrogen) atoms. The third-order valence-corrected chi connectivity index (χ3v) is 5.41. The summed E-state index contributed by atoms with van der Waals surface area (Å²) in [5, 5.41) is 10.9. The molecule has 9 heteroatoms. The number of aromatic amines is 1. The van der Waals surface area contributed by atoms with Crippen LogP contribution in [0, 0.1) is 0 Å². The van der Waals surface area contributed by atoms with Gasteiger partial charge in [0.25, 0.3) is 5.89 Å². The Morgan fingerprint density at radius 2 is 2.14 bits per heavy atom. The van der Waals surface area contributed by atoms with Gasteiger partial charge in [-0.2, -0.15) is 10.1 Å².